The summed E-state index contributed by atoms with van der Waals surface area (Å²) >= 11 is 0. The van der Waals surface area contributed by atoms with Crippen molar-refractivity contribution in [2.45, 2.75) is 20.1 Å². The highest BCUT2D eigenvalue weighted by molar-refractivity contribution is 4.82. The van der Waals surface area contributed by atoms with Crippen LogP contribution in [0.25, 0.3) is 0 Å². The number of halogens is 1. The van der Waals surface area contributed by atoms with Crippen LogP contribution in [0, 0.1) is 5.95 Å². The van der Waals surface area contributed by atoms with E-state index >= 15 is 0 Å². The molecule has 4 heteroatoms. The lowest BCUT2D eigenvalue weighted by molar-refractivity contribution is 0.0149. The summed E-state index contributed by atoms with van der Waals surface area (Å²) in [7, 11) is 0. The monoisotopic (exact) mass is 158 g/mol. The van der Waals surface area contributed by atoms with Crippen LogP contribution in [-0.2, 0) is 4.74 Å². The zero-order valence-corrected chi connectivity index (χ0v) is 6.62. The summed E-state index contributed by atoms with van der Waals surface area (Å²) in [6.45, 7) is 4.30. The van der Waals surface area contributed by atoms with E-state index in [1.165, 1.54) is 10.7 Å². The molecule has 1 aromatic rings. The van der Waals surface area contributed by atoms with Crippen LogP contribution >= 0.6 is 0 Å². The van der Waals surface area contributed by atoms with Crippen LogP contribution in [-0.4, -0.2) is 16.4 Å². The molecule has 0 aromatic carbocycles. The van der Waals surface area contributed by atoms with Gasteiger partial charge in [0.1, 0.15) is 6.23 Å². The Hall–Kier alpha value is -0.900. The van der Waals surface area contributed by atoms with Crippen molar-refractivity contribution in [3.8, 4) is 0 Å². The minimum absolute atomic E-state index is 0.190. The second-order valence-electron chi connectivity index (χ2n) is 2.17. The molecular formula is C7H11FN2O. The van der Waals surface area contributed by atoms with Crippen molar-refractivity contribution in [2.24, 2.45) is 0 Å². The topological polar surface area (TPSA) is 27.1 Å². The van der Waals surface area contributed by atoms with E-state index in [-0.39, 0.29) is 6.23 Å². The molecule has 1 unspecified atom stereocenters. The Morgan fingerprint density at radius 1 is 1.82 bits per heavy atom. The Labute approximate surface area is 64.8 Å². The number of rotatable bonds is 3. The third-order valence-electron chi connectivity index (χ3n) is 1.36. The van der Waals surface area contributed by atoms with Gasteiger partial charge in [-0.3, -0.25) is 0 Å². The summed E-state index contributed by atoms with van der Waals surface area (Å²) in [5, 5.41) is 3.55. The van der Waals surface area contributed by atoms with E-state index in [0.29, 0.717) is 6.61 Å². The van der Waals surface area contributed by atoms with Gasteiger partial charge in [-0.1, -0.05) is 0 Å². The van der Waals surface area contributed by atoms with Gasteiger partial charge in [0, 0.05) is 18.9 Å². The first-order valence-corrected chi connectivity index (χ1v) is 3.56. The van der Waals surface area contributed by atoms with E-state index in [1.54, 1.807) is 6.20 Å². The summed E-state index contributed by atoms with van der Waals surface area (Å²) in [6.07, 6.45) is 1.36. The Balaban J connectivity index is 2.60. The van der Waals surface area contributed by atoms with Gasteiger partial charge >= 0.3 is 0 Å². The quantitative estimate of drug-likeness (QED) is 0.667. The molecule has 0 aliphatic rings. The molecule has 0 saturated carbocycles. The molecule has 0 spiro atoms. The molecule has 0 radical (unpaired) electrons. The molecule has 0 N–H and O–H groups in total. The molecule has 1 aromatic heterocycles. The van der Waals surface area contributed by atoms with Gasteiger partial charge in [-0.25, -0.2) is 4.68 Å². The van der Waals surface area contributed by atoms with Crippen molar-refractivity contribution in [1.82, 2.24) is 9.78 Å². The molecule has 1 atom stereocenters. The van der Waals surface area contributed by atoms with Gasteiger partial charge < -0.3 is 4.74 Å². The molecule has 0 amide bonds. The van der Waals surface area contributed by atoms with Gasteiger partial charge in [0.2, 0.25) is 5.95 Å². The first-order valence-electron chi connectivity index (χ1n) is 3.56. The molecule has 0 aliphatic heterocycles. The van der Waals surface area contributed by atoms with E-state index in [0.717, 1.165) is 0 Å². The minimum Gasteiger partial charge on any atom is -0.357 e. The predicted octanol–water partition coefficient (Wildman–Crippen LogP) is 1.58. The maximum absolute atomic E-state index is 12.3. The number of ether oxygens (including phenoxy) is 1. The lowest BCUT2D eigenvalue weighted by Gasteiger charge is -2.10. The van der Waals surface area contributed by atoms with Gasteiger partial charge in [-0.15, -0.1) is 5.10 Å². The van der Waals surface area contributed by atoms with Crippen molar-refractivity contribution >= 4 is 0 Å². The zero-order valence-electron chi connectivity index (χ0n) is 6.62. The van der Waals surface area contributed by atoms with Crippen LogP contribution in [0.1, 0.15) is 20.1 Å². The lowest BCUT2D eigenvalue weighted by atomic mass is 10.6. The van der Waals surface area contributed by atoms with Gasteiger partial charge in [-0.2, -0.15) is 4.39 Å². The smallest absolute Gasteiger partial charge is 0.232 e. The van der Waals surface area contributed by atoms with E-state index in [2.05, 4.69) is 5.10 Å². The summed E-state index contributed by atoms with van der Waals surface area (Å²) in [4.78, 5) is 0. The summed E-state index contributed by atoms with van der Waals surface area (Å²) in [6, 6.07) is 1.30. The minimum atomic E-state index is -0.475. The van der Waals surface area contributed by atoms with E-state index in [1.807, 2.05) is 13.8 Å². The van der Waals surface area contributed by atoms with Crippen LogP contribution in [0.3, 0.4) is 0 Å². The average molecular weight is 158 g/mol. The molecule has 11 heavy (non-hydrogen) atoms. The molecular weight excluding hydrogens is 147 g/mol. The highest BCUT2D eigenvalue weighted by atomic mass is 19.1. The first kappa shape index (κ1) is 8.20. The molecule has 1 rings (SSSR count). The molecule has 62 valence electrons. The molecule has 0 aliphatic carbocycles. The normalized spacial score (nSPS) is 13.4. The fraction of sp³-hybridized carbons (Fsp3) is 0.571. The second kappa shape index (κ2) is 3.48. The molecule has 1 heterocycles. The molecule has 0 saturated heterocycles. The number of hydrogen-bond donors (Lipinski definition) is 0. The summed E-state index contributed by atoms with van der Waals surface area (Å²) < 4.78 is 19.0. The van der Waals surface area contributed by atoms with E-state index in [9.17, 15) is 4.39 Å². The Kier molecular flexibility index (Phi) is 2.59. The highest BCUT2D eigenvalue weighted by Crippen LogP contribution is 2.05. The van der Waals surface area contributed by atoms with Crippen molar-refractivity contribution in [1.29, 1.82) is 0 Å². The Morgan fingerprint density at radius 2 is 2.55 bits per heavy atom. The number of aromatic nitrogens is 2. The van der Waals surface area contributed by atoms with Crippen molar-refractivity contribution in [3.63, 3.8) is 0 Å². The lowest BCUT2D eigenvalue weighted by Crippen LogP contribution is -2.09. The van der Waals surface area contributed by atoms with Crippen LogP contribution in [0.2, 0.25) is 0 Å². The fourth-order valence-electron chi connectivity index (χ4n) is 0.835. The summed E-state index contributed by atoms with van der Waals surface area (Å²) in [5.74, 6) is -0.475. The largest absolute Gasteiger partial charge is 0.357 e. The van der Waals surface area contributed by atoms with Crippen molar-refractivity contribution in [2.75, 3.05) is 6.61 Å². The Morgan fingerprint density at radius 3 is 3.00 bits per heavy atom. The number of nitrogens with zero attached hydrogens (tertiary/aromatic N) is 2. The van der Waals surface area contributed by atoms with E-state index in [4.69, 9.17) is 4.74 Å². The van der Waals surface area contributed by atoms with Gasteiger partial charge in [0.05, 0.1) is 0 Å². The highest BCUT2D eigenvalue weighted by Gasteiger charge is 2.04. The summed E-state index contributed by atoms with van der Waals surface area (Å²) in [5.41, 5.74) is 0. The average Bonchev–Trinajstić information content (AvgIpc) is 2.36. The molecule has 0 bridgehead atoms. The van der Waals surface area contributed by atoms with E-state index < -0.39 is 5.95 Å². The third kappa shape index (κ3) is 2.01. The van der Waals surface area contributed by atoms with Gasteiger partial charge in [0.25, 0.3) is 0 Å². The van der Waals surface area contributed by atoms with Gasteiger partial charge in [0.15, 0.2) is 0 Å². The third-order valence-corrected chi connectivity index (χ3v) is 1.36. The maximum Gasteiger partial charge on any atom is 0.232 e. The first-order chi connectivity index (χ1) is 5.24. The predicted molar refractivity (Wildman–Crippen MR) is 38.5 cm³/mol. The zero-order chi connectivity index (χ0) is 8.27. The fourth-order valence-corrected chi connectivity index (χ4v) is 0.835. The van der Waals surface area contributed by atoms with Crippen molar-refractivity contribution in [3.05, 3.63) is 18.2 Å². The van der Waals surface area contributed by atoms with Crippen LogP contribution in [0.15, 0.2) is 12.3 Å². The van der Waals surface area contributed by atoms with Crippen LogP contribution in [0.5, 0.6) is 0 Å². The molecule has 3 nitrogen and oxygen atoms in total. The van der Waals surface area contributed by atoms with Gasteiger partial charge in [-0.05, 0) is 13.8 Å². The number of hydrogen-bond acceptors (Lipinski definition) is 2. The van der Waals surface area contributed by atoms with Crippen LogP contribution in [0.4, 0.5) is 4.39 Å². The SMILES string of the molecule is CCOC(C)n1ccc(F)n1. The standard InChI is InChI=1S/C7H11FN2O/c1-3-11-6(2)10-5-4-7(8)9-10/h4-6H,3H2,1-2H3. The Bertz CT molecular complexity index is 224. The van der Waals surface area contributed by atoms with Crippen molar-refractivity contribution < 1.29 is 9.13 Å². The molecule has 0 fully saturated rings. The maximum atomic E-state index is 12.3. The van der Waals surface area contributed by atoms with Crippen LogP contribution < -0.4 is 0 Å². The second-order valence-corrected chi connectivity index (χ2v) is 2.17.